The molecule has 1 atom stereocenters. The van der Waals surface area contributed by atoms with Gasteiger partial charge in [-0.25, -0.2) is 9.78 Å². The van der Waals surface area contributed by atoms with E-state index >= 15 is 0 Å². The van der Waals surface area contributed by atoms with E-state index in [2.05, 4.69) is 9.71 Å². The van der Waals surface area contributed by atoms with Gasteiger partial charge in [-0.2, -0.15) is 21.6 Å². The van der Waals surface area contributed by atoms with Crippen molar-refractivity contribution in [3.8, 4) is 5.75 Å². The molecule has 0 amide bonds. The van der Waals surface area contributed by atoms with Crippen molar-refractivity contribution in [1.82, 2.24) is 4.98 Å². The van der Waals surface area contributed by atoms with Crippen LogP contribution >= 0.6 is 0 Å². The zero-order valence-electron chi connectivity index (χ0n) is 25.3. The van der Waals surface area contributed by atoms with Crippen LogP contribution in [0.25, 0.3) is 0 Å². The van der Waals surface area contributed by atoms with E-state index < -0.39 is 38.4 Å². The first-order valence-corrected chi connectivity index (χ1v) is 16.7. The number of aliphatic hydroxyl groups excluding tert-OH is 1. The van der Waals surface area contributed by atoms with Gasteiger partial charge in [0.05, 0.1) is 11.3 Å². The lowest BCUT2D eigenvalue weighted by molar-refractivity contribution is -0.167. The molecule has 0 spiro atoms. The highest BCUT2D eigenvalue weighted by atomic mass is 32.2. The minimum absolute atomic E-state index is 0.0236. The molecule has 1 aliphatic heterocycles. The van der Waals surface area contributed by atoms with Gasteiger partial charge in [-0.05, 0) is 86.1 Å². The molecule has 2 aliphatic rings. The van der Waals surface area contributed by atoms with Crippen molar-refractivity contribution < 1.29 is 41.3 Å². The van der Waals surface area contributed by atoms with Gasteiger partial charge in [0.1, 0.15) is 17.1 Å². The number of ether oxygens (including phenoxy) is 1. The number of halogens is 3. The molecule has 46 heavy (non-hydrogen) atoms. The van der Waals surface area contributed by atoms with Crippen molar-refractivity contribution in [3.63, 3.8) is 0 Å². The summed E-state index contributed by atoms with van der Waals surface area (Å²) < 4.78 is 73.3. The van der Waals surface area contributed by atoms with E-state index in [0.717, 1.165) is 37.3 Å². The molecule has 2 aromatic carbocycles. The third-order valence-corrected chi connectivity index (χ3v) is 9.86. The predicted molar refractivity (Wildman–Crippen MR) is 166 cm³/mol. The first kappa shape index (κ1) is 33.1. The number of nitrogens with zero attached hydrogens (tertiary/aromatic N) is 2. The maximum atomic E-state index is 13.8. The zero-order valence-corrected chi connectivity index (χ0v) is 26.1. The van der Waals surface area contributed by atoms with Crippen LogP contribution in [0, 0.1) is 5.92 Å². The summed E-state index contributed by atoms with van der Waals surface area (Å²) in [5, 5.41) is 20.6. The van der Waals surface area contributed by atoms with Crippen molar-refractivity contribution in [2.75, 3.05) is 16.2 Å². The summed E-state index contributed by atoms with van der Waals surface area (Å²) in [7, 11) is -4.35. The van der Waals surface area contributed by atoms with Crippen molar-refractivity contribution in [3.05, 3.63) is 89.4 Å². The van der Waals surface area contributed by atoms with Crippen LogP contribution in [0.15, 0.2) is 83.3 Å². The number of alkyl halides is 3. The number of hydrogen-bond acceptors (Lipinski definition) is 8. The number of phenolic OH excluding ortho intramolecular Hbond substituents is 1. The summed E-state index contributed by atoms with van der Waals surface area (Å²) >= 11 is 0. The molecule has 3 aromatic rings. The van der Waals surface area contributed by atoms with Gasteiger partial charge in [-0.1, -0.05) is 38.0 Å². The summed E-state index contributed by atoms with van der Waals surface area (Å²) in [5.74, 6) is -0.543. The second kappa shape index (κ2) is 13.2. The van der Waals surface area contributed by atoms with Gasteiger partial charge in [0.2, 0.25) is 0 Å². The molecule has 2 heterocycles. The molecule has 0 bridgehead atoms. The number of hydrogen-bond donors (Lipinski definition) is 3. The minimum Gasteiger partial charge on any atom is -0.510 e. The number of esters is 1. The third-order valence-electron chi connectivity index (χ3n) is 8.57. The summed E-state index contributed by atoms with van der Waals surface area (Å²) in [5.41, 5.74) is -0.544. The Hall–Kier alpha value is -4.26. The second-order valence-corrected chi connectivity index (χ2v) is 13.4. The molecule has 1 aromatic heterocycles. The molecule has 5 rings (SSSR count). The van der Waals surface area contributed by atoms with Crippen LogP contribution in [-0.4, -0.2) is 41.7 Å². The molecule has 246 valence electrons. The number of pyridine rings is 1. The van der Waals surface area contributed by atoms with Crippen LogP contribution in [-0.2, 0) is 32.2 Å². The largest absolute Gasteiger partial charge is 0.510 e. The number of benzene rings is 2. The Morgan fingerprint density at radius 3 is 2.39 bits per heavy atom. The van der Waals surface area contributed by atoms with Gasteiger partial charge >= 0.3 is 12.1 Å². The molecule has 0 saturated heterocycles. The highest BCUT2D eigenvalue weighted by molar-refractivity contribution is 7.92. The number of sulfonamides is 1. The predicted octanol–water partition coefficient (Wildman–Crippen LogP) is 7.10. The fourth-order valence-electron chi connectivity index (χ4n) is 6.31. The molecule has 3 N–H and O–H groups in total. The van der Waals surface area contributed by atoms with Crippen molar-refractivity contribution >= 4 is 27.4 Å². The third kappa shape index (κ3) is 7.24. The number of anilines is 2. The number of aliphatic hydroxyl groups is 1. The van der Waals surface area contributed by atoms with Gasteiger partial charge in [-0.3, -0.25) is 4.72 Å². The molecule has 1 aliphatic carbocycles. The maximum absolute atomic E-state index is 13.8. The number of cyclic esters (lactones) is 1. The minimum atomic E-state index is -4.66. The van der Waals surface area contributed by atoms with Crippen molar-refractivity contribution in [2.24, 2.45) is 5.92 Å². The van der Waals surface area contributed by atoms with E-state index in [0.29, 0.717) is 43.8 Å². The van der Waals surface area contributed by atoms with Crippen LogP contribution in [0.1, 0.15) is 63.0 Å². The highest BCUT2D eigenvalue weighted by Gasteiger charge is 2.49. The van der Waals surface area contributed by atoms with Gasteiger partial charge in [0.25, 0.3) is 10.0 Å². The molecule has 13 heteroatoms. The van der Waals surface area contributed by atoms with Gasteiger partial charge in [0, 0.05) is 24.8 Å². The van der Waals surface area contributed by atoms with E-state index in [1.165, 1.54) is 12.1 Å². The second-order valence-electron chi connectivity index (χ2n) is 11.8. The molecule has 1 fully saturated rings. The lowest BCUT2D eigenvalue weighted by atomic mass is 9.77. The van der Waals surface area contributed by atoms with Crippen LogP contribution in [0.2, 0.25) is 0 Å². The molecular weight excluding hydrogens is 623 g/mol. The Kier molecular flexibility index (Phi) is 9.52. The fraction of sp³-hybridized carbons (Fsp3) is 0.394. The van der Waals surface area contributed by atoms with E-state index in [1.807, 2.05) is 19.1 Å². The van der Waals surface area contributed by atoms with E-state index in [9.17, 15) is 36.6 Å². The average molecular weight is 660 g/mol. The number of carbonyl (C=O) groups excluding carboxylic acids is 1. The normalized spacial score (nSPS) is 19.3. The Bertz CT molecular complexity index is 1690. The number of rotatable bonds is 11. The van der Waals surface area contributed by atoms with E-state index in [-0.39, 0.29) is 35.2 Å². The summed E-state index contributed by atoms with van der Waals surface area (Å²) in [6.07, 6.45) is 1.33. The van der Waals surface area contributed by atoms with Gasteiger partial charge in [0.15, 0.2) is 10.7 Å². The average Bonchev–Trinajstić information content (AvgIpc) is 3.56. The zero-order chi connectivity index (χ0) is 33.1. The molecule has 1 saturated carbocycles. The topological polar surface area (TPSA) is 129 Å². The lowest BCUT2D eigenvalue weighted by Gasteiger charge is -2.43. The van der Waals surface area contributed by atoms with Gasteiger partial charge < -0.3 is 19.8 Å². The van der Waals surface area contributed by atoms with Crippen molar-refractivity contribution in [1.29, 1.82) is 0 Å². The van der Waals surface area contributed by atoms with Crippen LogP contribution < -0.4 is 9.62 Å². The number of nitrogens with one attached hydrogen (secondary N) is 1. The quantitative estimate of drug-likeness (QED) is 0.186. The summed E-state index contributed by atoms with van der Waals surface area (Å²) in [4.78, 5) is 18.9. The maximum Gasteiger partial charge on any atom is 0.417 e. The number of carbonyl (C=O) groups is 1. The van der Waals surface area contributed by atoms with Gasteiger partial charge in [-0.15, -0.1) is 0 Å². The number of aromatic nitrogens is 1. The Morgan fingerprint density at radius 1 is 1.07 bits per heavy atom. The van der Waals surface area contributed by atoms with Crippen LogP contribution in [0.3, 0.4) is 0 Å². The Labute approximate surface area is 265 Å². The molecule has 1 unspecified atom stereocenters. The summed E-state index contributed by atoms with van der Waals surface area (Å²) in [6.45, 7) is 2.19. The van der Waals surface area contributed by atoms with Crippen molar-refractivity contribution in [2.45, 2.75) is 75.1 Å². The first-order valence-electron chi connectivity index (χ1n) is 15.2. The number of phenols is 1. The standard InChI is InChI=1S/C33H36F3N3O6S/c1-2-18-39(26-9-5-8-25(19-26)38-46(43,44)29-15-12-24(21-37-29)33(34,35)36)30-28(41)20-32(45-31(30)42,23-6-3-4-7-23)17-16-22-10-13-27(40)14-11-22/h5,8-15,19,21,23,38,40-41H,2-4,6-7,16-18,20H2,1H3. The number of aromatic hydroxyl groups is 1. The first-order chi connectivity index (χ1) is 21.8. The molecule has 0 radical (unpaired) electrons. The summed E-state index contributed by atoms with van der Waals surface area (Å²) in [6, 6.07) is 14.4. The van der Waals surface area contributed by atoms with Crippen LogP contribution in [0.5, 0.6) is 5.75 Å². The Morgan fingerprint density at radius 2 is 1.78 bits per heavy atom. The lowest BCUT2D eigenvalue weighted by Crippen LogP contribution is -2.48. The fourth-order valence-corrected chi connectivity index (χ4v) is 7.29. The molecule has 9 nitrogen and oxygen atoms in total. The monoisotopic (exact) mass is 659 g/mol. The highest BCUT2D eigenvalue weighted by Crippen LogP contribution is 2.46. The SMILES string of the molecule is CCCN(C1=C(O)CC(CCc2ccc(O)cc2)(C2CCCC2)OC1=O)c1cccc(NS(=O)(=O)c2ccc(C(F)(F)F)cn2)c1. The van der Waals surface area contributed by atoms with Crippen LogP contribution in [0.4, 0.5) is 24.5 Å². The van der Waals surface area contributed by atoms with E-state index in [1.54, 1.807) is 29.2 Å². The van der Waals surface area contributed by atoms with E-state index in [4.69, 9.17) is 4.74 Å². The Balaban J connectivity index is 1.41. The molecular formula is C33H36F3N3O6S. The smallest absolute Gasteiger partial charge is 0.417 e. The number of aryl methyl sites for hydroxylation is 1.